The van der Waals surface area contributed by atoms with E-state index in [9.17, 15) is 8.42 Å². The number of benzene rings is 1. The Morgan fingerprint density at radius 3 is 2.52 bits per heavy atom. The third kappa shape index (κ3) is 3.21. The third-order valence-electron chi connectivity index (χ3n) is 3.63. The van der Waals surface area contributed by atoms with Crippen LogP contribution in [0.1, 0.15) is 11.1 Å². The number of rotatable bonds is 4. The lowest BCUT2D eigenvalue weighted by atomic mass is 10.1. The maximum Gasteiger partial charge on any atom is 0.243 e. The molecule has 0 bridgehead atoms. The molecule has 0 aromatic heterocycles. The molecule has 1 aromatic rings. The van der Waals surface area contributed by atoms with Crippen molar-refractivity contribution in [2.24, 2.45) is 5.73 Å². The Labute approximate surface area is 125 Å². The molecule has 0 aliphatic carbocycles. The molecular formula is C14H22N2O4S. The van der Waals surface area contributed by atoms with Crippen molar-refractivity contribution < 1.29 is 17.9 Å². The van der Waals surface area contributed by atoms with E-state index in [4.69, 9.17) is 15.2 Å². The van der Waals surface area contributed by atoms with E-state index in [1.54, 1.807) is 33.1 Å². The molecule has 1 aromatic carbocycles. The zero-order valence-electron chi connectivity index (χ0n) is 12.6. The van der Waals surface area contributed by atoms with Crippen molar-refractivity contribution in [2.45, 2.75) is 24.8 Å². The first-order valence-corrected chi connectivity index (χ1v) is 8.31. The molecule has 1 aliphatic heterocycles. The van der Waals surface area contributed by atoms with E-state index in [1.807, 2.05) is 0 Å². The molecule has 2 rings (SSSR count). The summed E-state index contributed by atoms with van der Waals surface area (Å²) < 4.78 is 37.8. The molecular weight excluding hydrogens is 292 g/mol. The van der Waals surface area contributed by atoms with Crippen molar-refractivity contribution >= 4 is 10.0 Å². The van der Waals surface area contributed by atoms with E-state index >= 15 is 0 Å². The van der Waals surface area contributed by atoms with Crippen LogP contribution in [0.2, 0.25) is 0 Å². The lowest BCUT2D eigenvalue weighted by Gasteiger charge is -2.32. The molecule has 1 heterocycles. The zero-order chi connectivity index (χ0) is 15.6. The smallest absolute Gasteiger partial charge is 0.243 e. The van der Waals surface area contributed by atoms with Crippen LogP contribution in [0.4, 0.5) is 0 Å². The molecule has 1 saturated heterocycles. The normalized spacial score (nSPS) is 20.5. The molecule has 0 saturated carbocycles. The summed E-state index contributed by atoms with van der Waals surface area (Å²) in [5.41, 5.74) is 6.95. The second-order valence-corrected chi connectivity index (χ2v) is 7.06. The highest BCUT2D eigenvalue weighted by Crippen LogP contribution is 2.29. The molecule has 118 valence electrons. The van der Waals surface area contributed by atoms with Gasteiger partial charge in [-0.3, -0.25) is 0 Å². The molecule has 1 aliphatic rings. The minimum absolute atomic E-state index is 0.243. The van der Waals surface area contributed by atoms with E-state index in [0.717, 1.165) is 0 Å². The van der Waals surface area contributed by atoms with Crippen LogP contribution in [0.15, 0.2) is 17.0 Å². The van der Waals surface area contributed by atoms with Crippen LogP contribution in [-0.4, -0.2) is 52.2 Å². The number of methoxy groups -OCH3 is 1. The van der Waals surface area contributed by atoms with E-state index < -0.39 is 10.0 Å². The highest BCUT2D eigenvalue weighted by atomic mass is 32.2. The maximum atomic E-state index is 12.9. The summed E-state index contributed by atoms with van der Waals surface area (Å²) in [6.45, 7) is 4.89. The minimum atomic E-state index is -3.55. The van der Waals surface area contributed by atoms with Gasteiger partial charge in [0, 0.05) is 19.6 Å². The SMILES string of the molecule is COc1cc(C)c(S(=O)(=O)N2CCOC(CN)C2)c(C)c1. The molecule has 6 nitrogen and oxygen atoms in total. The monoisotopic (exact) mass is 314 g/mol. The Morgan fingerprint density at radius 1 is 1.38 bits per heavy atom. The number of ether oxygens (including phenoxy) is 2. The van der Waals surface area contributed by atoms with Gasteiger partial charge in [0.15, 0.2) is 0 Å². The van der Waals surface area contributed by atoms with Crippen LogP contribution in [0.5, 0.6) is 5.75 Å². The molecule has 1 fully saturated rings. The first-order valence-electron chi connectivity index (χ1n) is 6.87. The van der Waals surface area contributed by atoms with Crippen LogP contribution >= 0.6 is 0 Å². The number of nitrogens with zero attached hydrogens (tertiary/aromatic N) is 1. The van der Waals surface area contributed by atoms with Crippen molar-refractivity contribution in [3.8, 4) is 5.75 Å². The van der Waals surface area contributed by atoms with Crippen molar-refractivity contribution in [3.63, 3.8) is 0 Å². The summed E-state index contributed by atoms with van der Waals surface area (Å²) in [4.78, 5) is 0.348. The highest BCUT2D eigenvalue weighted by Gasteiger charge is 2.32. The second-order valence-electron chi connectivity index (χ2n) is 5.18. The molecule has 0 spiro atoms. The standard InChI is InChI=1S/C14H22N2O4S/c1-10-6-12(19-3)7-11(2)14(10)21(17,18)16-4-5-20-13(8-15)9-16/h6-7,13H,4-5,8-9,15H2,1-3H3. The van der Waals surface area contributed by atoms with Crippen LogP contribution in [-0.2, 0) is 14.8 Å². The van der Waals surface area contributed by atoms with Gasteiger partial charge < -0.3 is 15.2 Å². The Morgan fingerprint density at radius 2 is 2.00 bits per heavy atom. The Balaban J connectivity index is 2.40. The Bertz CT molecular complexity index is 592. The summed E-state index contributed by atoms with van der Waals surface area (Å²) in [7, 11) is -1.98. The number of hydrogen-bond donors (Lipinski definition) is 1. The first kappa shape index (κ1) is 16.2. The summed E-state index contributed by atoms with van der Waals surface area (Å²) in [6, 6.07) is 3.47. The van der Waals surface area contributed by atoms with Gasteiger partial charge in [-0.1, -0.05) is 0 Å². The van der Waals surface area contributed by atoms with E-state index in [0.29, 0.717) is 48.0 Å². The van der Waals surface area contributed by atoms with E-state index in [1.165, 1.54) is 4.31 Å². The number of nitrogens with two attached hydrogens (primary N) is 1. The van der Waals surface area contributed by atoms with Crippen molar-refractivity contribution in [2.75, 3.05) is 33.4 Å². The van der Waals surface area contributed by atoms with E-state index in [-0.39, 0.29) is 6.10 Å². The number of sulfonamides is 1. The van der Waals surface area contributed by atoms with Gasteiger partial charge in [-0.15, -0.1) is 0 Å². The summed E-state index contributed by atoms with van der Waals surface area (Å²) >= 11 is 0. The topological polar surface area (TPSA) is 81.9 Å². The van der Waals surface area contributed by atoms with Gasteiger partial charge in [0.1, 0.15) is 5.75 Å². The van der Waals surface area contributed by atoms with Gasteiger partial charge in [-0.25, -0.2) is 8.42 Å². The molecule has 0 amide bonds. The van der Waals surface area contributed by atoms with Crippen LogP contribution in [0.25, 0.3) is 0 Å². The first-order chi connectivity index (χ1) is 9.90. The van der Waals surface area contributed by atoms with Crippen LogP contribution in [0, 0.1) is 13.8 Å². The van der Waals surface area contributed by atoms with Crippen molar-refractivity contribution in [1.29, 1.82) is 0 Å². The largest absolute Gasteiger partial charge is 0.497 e. The lowest BCUT2D eigenvalue weighted by Crippen LogP contribution is -2.48. The average molecular weight is 314 g/mol. The van der Waals surface area contributed by atoms with Gasteiger partial charge in [0.2, 0.25) is 10.0 Å². The zero-order valence-corrected chi connectivity index (χ0v) is 13.4. The average Bonchev–Trinajstić information content (AvgIpc) is 2.46. The van der Waals surface area contributed by atoms with Crippen LogP contribution in [0.3, 0.4) is 0 Å². The Hall–Kier alpha value is -1.15. The summed E-state index contributed by atoms with van der Waals surface area (Å²) in [5, 5.41) is 0. The Kier molecular flexibility index (Phi) is 4.88. The van der Waals surface area contributed by atoms with Gasteiger partial charge >= 0.3 is 0 Å². The maximum absolute atomic E-state index is 12.9. The molecule has 1 unspecified atom stereocenters. The molecule has 21 heavy (non-hydrogen) atoms. The number of hydrogen-bond acceptors (Lipinski definition) is 5. The van der Waals surface area contributed by atoms with Gasteiger partial charge in [-0.2, -0.15) is 4.31 Å². The van der Waals surface area contributed by atoms with Crippen molar-refractivity contribution in [3.05, 3.63) is 23.3 Å². The molecule has 7 heteroatoms. The lowest BCUT2D eigenvalue weighted by molar-refractivity contribution is 0.00448. The van der Waals surface area contributed by atoms with Gasteiger partial charge in [-0.05, 0) is 37.1 Å². The summed E-state index contributed by atoms with van der Waals surface area (Å²) in [6.07, 6.45) is -0.243. The molecule has 2 N–H and O–H groups in total. The predicted octanol–water partition coefficient (Wildman–Crippen LogP) is 0.660. The quantitative estimate of drug-likeness (QED) is 0.883. The fourth-order valence-corrected chi connectivity index (χ4v) is 4.48. The second kappa shape index (κ2) is 6.31. The molecule has 1 atom stereocenters. The minimum Gasteiger partial charge on any atom is -0.497 e. The van der Waals surface area contributed by atoms with Crippen molar-refractivity contribution in [1.82, 2.24) is 4.31 Å². The van der Waals surface area contributed by atoms with E-state index in [2.05, 4.69) is 0 Å². The predicted molar refractivity (Wildman–Crippen MR) is 80.0 cm³/mol. The van der Waals surface area contributed by atoms with Crippen LogP contribution < -0.4 is 10.5 Å². The van der Waals surface area contributed by atoms with Gasteiger partial charge in [0.05, 0.1) is 24.7 Å². The van der Waals surface area contributed by atoms with Gasteiger partial charge in [0.25, 0.3) is 0 Å². The highest BCUT2D eigenvalue weighted by molar-refractivity contribution is 7.89. The number of aryl methyl sites for hydroxylation is 2. The fourth-order valence-electron chi connectivity index (χ4n) is 2.62. The molecule has 0 radical (unpaired) electrons. The third-order valence-corrected chi connectivity index (χ3v) is 5.80. The number of morpholine rings is 1. The fraction of sp³-hybridized carbons (Fsp3) is 0.571. The summed E-state index contributed by atoms with van der Waals surface area (Å²) in [5.74, 6) is 0.658.